The molecule has 264 valence electrons. The van der Waals surface area contributed by atoms with Gasteiger partial charge in [-0.05, 0) is 90.5 Å². The van der Waals surface area contributed by atoms with Gasteiger partial charge >= 0.3 is 0 Å². The summed E-state index contributed by atoms with van der Waals surface area (Å²) in [6.07, 6.45) is 6.41. The van der Waals surface area contributed by atoms with Gasteiger partial charge in [0.25, 0.3) is 0 Å². The van der Waals surface area contributed by atoms with Gasteiger partial charge in [0.2, 0.25) is 0 Å². The van der Waals surface area contributed by atoms with Gasteiger partial charge in [0.05, 0.1) is 33.2 Å². The average Bonchev–Trinajstić information content (AvgIpc) is 4.00. The Morgan fingerprint density at radius 2 is 1.13 bits per heavy atom. The average molecular weight is 733 g/mol. The van der Waals surface area contributed by atoms with Gasteiger partial charge in [-0.1, -0.05) is 36.0 Å². The number of H-pyrrole nitrogens is 2. The SMILES string of the molecule is COC(OC)c1ccc(-c2c3nc(cc4ccc([nH]4)c(-c4c(F)c(F)c(Sc5ccc(O)cc5)c(F)c4F)c4nc(cc5ccc2[nH]5)C=C4)C=C3)cc1. The summed E-state index contributed by atoms with van der Waals surface area (Å²) in [6.45, 7) is 0. The Morgan fingerprint density at radius 1 is 0.604 bits per heavy atom. The fraction of sp³-hybridized carbons (Fsp3) is 0.0732. The van der Waals surface area contributed by atoms with Crippen LogP contribution in [0, 0.1) is 23.3 Å². The molecule has 2 aliphatic heterocycles. The van der Waals surface area contributed by atoms with E-state index >= 15 is 17.6 Å². The van der Waals surface area contributed by atoms with Gasteiger partial charge in [0, 0.05) is 57.9 Å². The number of phenols is 1. The number of aromatic amines is 2. The number of ether oxygens (including phenoxy) is 2. The van der Waals surface area contributed by atoms with Gasteiger partial charge in [0.15, 0.2) is 29.6 Å². The lowest BCUT2D eigenvalue weighted by Crippen LogP contribution is -2.04. The van der Waals surface area contributed by atoms with Crippen LogP contribution in [-0.4, -0.2) is 39.3 Å². The molecule has 8 bridgehead atoms. The standard InChI is InChI=1S/C41H28F4N4O3S/c1-51-41(52-2)22-5-3-21(4-6-22)33-29-15-7-23(46-29)19-25-9-17-31(48-25)34(32-18-10-26(49-32)20-24-8-16-30(33)47-24)35-36(42)38(44)40(39(45)37(35)43)53-28-13-11-27(50)12-14-28/h3-20,41,46,49-50H,1-2H3. The summed E-state index contributed by atoms with van der Waals surface area (Å²) in [5.41, 5.74) is 5.46. The Hall–Kier alpha value is -5.95. The van der Waals surface area contributed by atoms with Crippen LogP contribution in [0.2, 0.25) is 0 Å². The minimum absolute atomic E-state index is 0.0687. The van der Waals surface area contributed by atoms with Crippen molar-refractivity contribution in [1.29, 1.82) is 0 Å². The molecule has 0 aliphatic carbocycles. The number of fused-ring (bicyclic) bond motifs is 8. The normalized spacial score (nSPS) is 12.3. The smallest absolute Gasteiger partial charge is 0.183 e. The van der Waals surface area contributed by atoms with E-state index in [9.17, 15) is 5.11 Å². The summed E-state index contributed by atoms with van der Waals surface area (Å²) < 4.78 is 74.5. The third kappa shape index (κ3) is 6.41. The molecule has 53 heavy (non-hydrogen) atoms. The number of aromatic hydroxyl groups is 1. The lowest BCUT2D eigenvalue weighted by Gasteiger charge is -2.14. The van der Waals surface area contributed by atoms with Crippen LogP contribution in [0.4, 0.5) is 17.6 Å². The van der Waals surface area contributed by atoms with E-state index in [4.69, 9.17) is 14.5 Å². The molecule has 0 amide bonds. The first kappa shape index (κ1) is 34.2. The summed E-state index contributed by atoms with van der Waals surface area (Å²) in [5, 5.41) is 9.58. The maximum Gasteiger partial charge on any atom is 0.183 e. The predicted octanol–water partition coefficient (Wildman–Crippen LogP) is 10.7. The highest BCUT2D eigenvalue weighted by atomic mass is 32.2. The van der Waals surface area contributed by atoms with Gasteiger partial charge < -0.3 is 24.5 Å². The minimum Gasteiger partial charge on any atom is -0.508 e. The van der Waals surface area contributed by atoms with E-state index in [1.54, 1.807) is 44.6 Å². The number of phenolic OH excluding ortho intramolecular Hbond substituents is 1. The van der Waals surface area contributed by atoms with Crippen molar-refractivity contribution in [3.05, 3.63) is 137 Å². The number of halogens is 4. The Bertz CT molecular complexity index is 2600. The second-order valence-electron chi connectivity index (χ2n) is 12.2. The first-order valence-corrected chi connectivity index (χ1v) is 17.1. The van der Waals surface area contributed by atoms with Crippen LogP contribution in [0.15, 0.2) is 94.7 Å². The van der Waals surface area contributed by atoms with E-state index in [2.05, 4.69) is 15.0 Å². The number of benzene rings is 3. The molecule has 0 atom stereocenters. The van der Waals surface area contributed by atoms with Crippen molar-refractivity contribution >= 4 is 58.1 Å². The van der Waals surface area contributed by atoms with Gasteiger partial charge in [-0.15, -0.1) is 0 Å². The molecule has 5 heterocycles. The van der Waals surface area contributed by atoms with E-state index in [1.807, 2.05) is 48.6 Å². The van der Waals surface area contributed by atoms with Crippen LogP contribution in [-0.2, 0) is 9.47 Å². The molecule has 3 N–H and O–H groups in total. The summed E-state index contributed by atoms with van der Waals surface area (Å²) in [7, 11) is 3.15. The van der Waals surface area contributed by atoms with Gasteiger partial charge in [0.1, 0.15) is 5.75 Å². The topological polar surface area (TPSA) is 96.1 Å². The van der Waals surface area contributed by atoms with Crippen molar-refractivity contribution in [3.63, 3.8) is 0 Å². The first-order chi connectivity index (χ1) is 25.7. The molecular formula is C41H28F4N4O3S. The summed E-state index contributed by atoms with van der Waals surface area (Å²) in [5.74, 6) is -6.33. The molecule has 3 aromatic heterocycles. The third-order valence-electron chi connectivity index (χ3n) is 8.83. The Kier molecular flexibility index (Phi) is 8.95. The minimum atomic E-state index is -1.57. The highest BCUT2D eigenvalue weighted by Gasteiger charge is 2.29. The van der Waals surface area contributed by atoms with Gasteiger partial charge in [-0.25, -0.2) is 27.5 Å². The molecule has 0 unspecified atom stereocenters. The van der Waals surface area contributed by atoms with Crippen LogP contribution >= 0.6 is 11.8 Å². The van der Waals surface area contributed by atoms with Crippen molar-refractivity contribution in [2.24, 2.45) is 0 Å². The molecule has 3 aromatic carbocycles. The van der Waals surface area contributed by atoms with Crippen molar-refractivity contribution in [2.45, 2.75) is 16.1 Å². The fourth-order valence-electron chi connectivity index (χ4n) is 6.37. The van der Waals surface area contributed by atoms with Crippen LogP contribution in [0.1, 0.15) is 34.6 Å². The number of hydrogen-bond donors (Lipinski definition) is 3. The molecule has 12 heteroatoms. The third-order valence-corrected chi connectivity index (χ3v) is 9.90. The van der Waals surface area contributed by atoms with Crippen LogP contribution in [0.25, 0.3) is 68.6 Å². The number of methoxy groups -OCH3 is 2. The Balaban J connectivity index is 1.33. The molecule has 2 aliphatic rings. The van der Waals surface area contributed by atoms with E-state index < -0.39 is 40.0 Å². The maximum atomic E-state index is 16.1. The highest BCUT2D eigenvalue weighted by molar-refractivity contribution is 7.99. The number of aromatic nitrogens is 4. The summed E-state index contributed by atoms with van der Waals surface area (Å²) in [4.78, 5) is 15.5. The molecule has 0 radical (unpaired) electrons. The molecule has 0 saturated carbocycles. The number of rotatable bonds is 7. The summed E-state index contributed by atoms with van der Waals surface area (Å²) in [6, 6.07) is 23.7. The van der Waals surface area contributed by atoms with Crippen molar-refractivity contribution in [1.82, 2.24) is 19.9 Å². The number of hydrogen-bond acceptors (Lipinski definition) is 6. The molecule has 0 saturated heterocycles. The Labute approximate surface area is 304 Å². The molecule has 8 rings (SSSR count). The van der Waals surface area contributed by atoms with Gasteiger partial charge in [-0.2, -0.15) is 0 Å². The van der Waals surface area contributed by atoms with Crippen molar-refractivity contribution < 1.29 is 32.1 Å². The largest absolute Gasteiger partial charge is 0.508 e. The fourth-order valence-corrected chi connectivity index (χ4v) is 7.23. The molecule has 0 fully saturated rings. The molecular weight excluding hydrogens is 705 g/mol. The molecule has 7 nitrogen and oxygen atoms in total. The number of nitrogens with zero attached hydrogens (tertiary/aromatic N) is 2. The lowest BCUT2D eigenvalue weighted by atomic mass is 10.0. The zero-order valence-corrected chi connectivity index (χ0v) is 28.9. The highest BCUT2D eigenvalue weighted by Crippen LogP contribution is 2.42. The quantitative estimate of drug-likeness (QED) is 0.0858. The molecule has 6 aromatic rings. The van der Waals surface area contributed by atoms with E-state index in [-0.39, 0.29) is 27.4 Å². The van der Waals surface area contributed by atoms with Crippen LogP contribution in [0.5, 0.6) is 5.75 Å². The zero-order chi connectivity index (χ0) is 36.8. The van der Waals surface area contributed by atoms with Crippen molar-refractivity contribution in [3.8, 4) is 28.0 Å². The first-order valence-electron chi connectivity index (χ1n) is 16.3. The lowest BCUT2D eigenvalue weighted by molar-refractivity contribution is -0.106. The van der Waals surface area contributed by atoms with E-state index in [1.165, 1.54) is 30.3 Å². The van der Waals surface area contributed by atoms with Crippen LogP contribution in [0.3, 0.4) is 0 Å². The Morgan fingerprint density at radius 3 is 1.68 bits per heavy atom. The van der Waals surface area contributed by atoms with Crippen molar-refractivity contribution in [2.75, 3.05) is 14.2 Å². The van der Waals surface area contributed by atoms with E-state index in [0.717, 1.165) is 22.2 Å². The second kappa shape index (κ2) is 13.9. The van der Waals surface area contributed by atoms with Crippen LogP contribution < -0.4 is 0 Å². The number of nitrogens with one attached hydrogen (secondary N) is 2. The zero-order valence-electron chi connectivity index (χ0n) is 28.0. The maximum absolute atomic E-state index is 16.1. The second-order valence-corrected chi connectivity index (χ2v) is 13.3. The predicted molar refractivity (Wildman–Crippen MR) is 199 cm³/mol. The molecule has 0 spiro atoms. The van der Waals surface area contributed by atoms with E-state index in [0.29, 0.717) is 39.9 Å². The summed E-state index contributed by atoms with van der Waals surface area (Å²) >= 11 is 0.504. The monoisotopic (exact) mass is 732 g/mol. The van der Waals surface area contributed by atoms with Gasteiger partial charge in [-0.3, -0.25) is 0 Å².